The van der Waals surface area contributed by atoms with Crippen LogP contribution in [0.2, 0.25) is 0 Å². The zero-order valence-electron chi connectivity index (χ0n) is 26.5. The van der Waals surface area contributed by atoms with Crippen molar-refractivity contribution in [2.24, 2.45) is 46.3 Å². The van der Waals surface area contributed by atoms with Crippen molar-refractivity contribution < 1.29 is 55.4 Å². The first kappa shape index (κ1) is 34.6. The smallest absolute Gasteiger partial charge is 0.186 e. The number of fused-ring (bicyclic) bond motifs is 5. The van der Waals surface area contributed by atoms with Crippen molar-refractivity contribution in [1.29, 1.82) is 0 Å². The Morgan fingerprint density at radius 2 is 1.59 bits per heavy atom. The molecule has 5 fully saturated rings. The summed E-state index contributed by atoms with van der Waals surface area (Å²) in [5.41, 5.74) is -2.15. The third-order valence-corrected chi connectivity index (χ3v) is 12.8. The summed E-state index contributed by atoms with van der Waals surface area (Å²) in [5.74, 6) is -0.801. The maximum atomic E-state index is 12.5. The summed E-state index contributed by atoms with van der Waals surface area (Å²) in [6, 6.07) is 0. The first-order valence-corrected chi connectivity index (χ1v) is 16.6. The molecule has 0 bridgehead atoms. The molecule has 4 saturated carbocycles. The van der Waals surface area contributed by atoms with Gasteiger partial charge in [-0.1, -0.05) is 39.8 Å². The fourth-order valence-electron chi connectivity index (χ4n) is 10.7. The highest BCUT2D eigenvalue weighted by molar-refractivity contribution is 5.21. The van der Waals surface area contributed by atoms with Crippen LogP contribution in [0.15, 0.2) is 12.2 Å². The number of aliphatic hydroxyl groups excluding tert-OH is 8. The summed E-state index contributed by atoms with van der Waals surface area (Å²) >= 11 is 0. The van der Waals surface area contributed by atoms with Crippen LogP contribution in [0, 0.1) is 46.3 Å². The largest absolute Gasteiger partial charge is 0.394 e. The molecule has 0 aromatic rings. The monoisotopic (exact) mass is 628 g/mol. The van der Waals surface area contributed by atoms with E-state index in [2.05, 4.69) is 26.0 Å². The molecule has 5 rings (SSSR count). The van der Waals surface area contributed by atoms with Gasteiger partial charge in [0.15, 0.2) is 6.29 Å². The van der Waals surface area contributed by atoms with Crippen LogP contribution in [0.4, 0.5) is 0 Å². The first-order valence-electron chi connectivity index (χ1n) is 16.6. The molecule has 0 aromatic heterocycles. The van der Waals surface area contributed by atoms with Crippen LogP contribution in [-0.4, -0.2) is 120 Å². The molecule has 1 saturated heterocycles. The predicted octanol–water partition coefficient (Wildman–Crippen LogP) is 0.0685. The number of aliphatic hydroxyl groups is 9. The van der Waals surface area contributed by atoms with Gasteiger partial charge in [0.25, 0.3) is 0 Å². The van der Waals surface area contributed by atoms with Crippen LogP contribution in [0.25, 0.3) is 0 Å². The molecule has 0 radical (unpaired) electrons. The number of hydrogen-bond donors (Lipinski definition) is 9. The van der Waals surface area contributed by atoms with Crippen molar-refractivity contribution in [3.05, 3.63) is 12.2 Å². The molecule has 0 spiro atoms. The van der Waals surface area contributed by atoms with E-state index in [9.17, 15) is 40.9 Å². The van der Waals surface area contributed by atoms with Gasteiger partial charge in [0.05, 0.1) is 43.2 Å². The number of hydrogen-bond acceptors (Lipinski definition) is 11. The van der Waals surface area contributed by atoms with E-state index >= 15 is 0 Å². The van der Waals surface area contributed by atoms with E-state index in [-0.39, 0.29) is 42.1 Å². The molecule has 44 heavy (non-hydrogen) atoms. The van der Waals surface area contributed by atoms with Crippen molar-refractivity contribution in [1.82, 2.24) is 0 Å². The summed E-state index contributed by atoms with van der Waals surface area (Å²) in [6.45, 7) is 8.00. The van der Waals surface area contributed by atoms with Crippen molar-refractivity contribution in [2.75, 3.05) is 13.2 Å². The molecule has 9 N–H and O–H groups in total. The lowest BCUT2D eigenvalue weighted by Gasteiger charge is -2.66. The van der Waals surface area contributed by atoms with Gasteiger partial charge in [-0.2, -0.15) is 0 Å². The number of ether oxygens (including phenoxy) is 2. The summed E-state index contributed by atoms with van der Waals surface area (Å²) in [5, 5.41) is 95.7. The molecular weight excluding hydrogens is 572 g/mol. The predicted molar refractivity (Wildman–Crippen MR) is 159 cm³/mol. The van der Waals surface area contributed by atoms with E-state index in [1.165, 1.54) is 0 Å². The van der Waals surface area contributed by atoms with Gasteiger partial charge in [-0.05, 0) is 73.0 Å². The van der Waals surface area contributed by atoms with E-state index in [1.54, 1.807) is 0 Å². The molecule has 5 aliphatic rings. The molecule has 11 nitrogen and oxygen atoms in total. The molecule has 18 atom stereocenters. The maximum Gasteiger partial charge on any atom is 0.186 e. The van der Waals surface area contributed by atoms with Gasteiger partial charge < -0.3 is 55.4 Å². The van der Waals surface area contributed by atoms with Gasteiger partial charge in [0.2, 0.25) is 0 Å². The summed E-state index contributed by atoms with van der Waals surface area (Å²) in [6.07, 6.45) is -1.65. The maximum absolute atomic E-state index is 12.5. The normalized spacial score (nSPS) is 52.8. The summed E-state index contributed by atoms with van der Waals surface area (Å²) in [4.78, 5) is 0. The Morgan fingerprint density at radius 3 is 2.27 bits per heavy atom. The Hall–Kier alpha value is -0.700. The minimum Gasteiger partial charge on any atom is -0.394 e. The van der Waals surface area contributed by atoms with E-state index in [1.807, 2.05) is 13.8 Å². The third kappa shape index (κ3) is 5.61. The van der Waals surface area contributed by atoms with Gasteiger partial charge in [0.1, 0.15) is 24.4 Å². The molecular formula is C33H56O11. The molecule has 0 amide bonds. The van der Waals surface area contributed by atoms with E-state index in [0.29, 0.717) is 25.7 Å². The quantitative estimate of drug-likeness (QED) is 0.157. The second-order valence-corrected chi connectivity index (χ2v) is 15.5. The Kier molecular flexibility index (Phi) is 10.0. The van der Waals surface area contributed by atoms with E-state index < -0.39 is 84.6 Å². The Labute approximate surface area is 260 Å². The lowest BCUT2D eigenvalue weighted by atomic mass is 9.41. The van der Waals surface area contributed by atoms with Crippen molar-refractivity contribution in [2.45, 2.75) is 133 Å². The average molecular weight is 629 g/mol. The highest BCUT2D eigenvalue weighted by Gasteiger charge is 2.71. The van der Waals surface area contributed by atoms with Crippen molar-refractivity contribution in [3.63, 3.8) is 0 Å². The minimum atomic E-state index is -1.36. The van der Waals surface area contributed by atoms with Gasteiger partial charge in [-0.15, -0.1) is 0 Å². The second kappa shape index (κ2) is 12.7. The molecule has 0 unspecified atom stereocenters. The third-order valence-electron chi connectivity index (χ3n) is 12.8. The van der Waals surface area contributed by atoms with Crippen molar-refractivity contribution >= 4 is 0 Å². The molecule has 4 aliphatic carbocycles. The average Bonchev–Trinajstić information content (AvgIpc) is 3.40. The Morgan fingerprint density at radius 1 is 0.909 bits per heavy atom. The minimum absolute atomic E-state index is 0.0589. The molecule has 0 aromatic carbocycles. The Balaban J connectivity index is 1.21. The van der Waals surface area contributed by atoms with E-state index in [0.717, 1.165) is 12.8 Å². The van der Waals surface area contributed by atoms with E-state index in [4.69, 9.17) is 14.6 Å². The van der Waals surface area contributed by atoms with Crippen LogP contribution < -0.4 is 0 Å². The number of rotatable bonds is 9. The second-order valence-electron chi connectivity index (χ2n) is 15.5. The highest BCUT2D eigenvalue weighted by Crippen LogP contribution is 2.69. The standard InChI is InChI=1S/C33H56O11/c1-16(15-43-30-27(41)26(40)28(44-30)22(38)14-34)6-5-7-17(2)18-12-20(36)29-31(18,3)11-9-23-32(4)10-8-19(35)25(39)24(32)21(37)13-33(23,29)42/h5,7,16-30,34-42H,6,8-15H2,1-4H3/b7-5+/t16-,17-,18-,19+,20-,21+,22-,23-,24+,25+,26+,27+,28-,29-,30+,31-,32-,33+/m1/s1. The van der Waals surface area contributed by atoms with Gasteiger partial charge in [-0.3, -0.25) is 0 Å². The van der Waals surface area contributed by atoms with Crippen LogP contribution in [0.1, 0.15) is 72.6 Å². The van der Waals surface area contributed by atoms with Gasteiger partial charge in [-0.25, -0.2) is 0 Å². The van der Waals surface area contributed by atoms with Crippen LogP contribution in [0.5, 0.6) is 0 Å². The fraction of sp³-hybridized carbons (Fsp3) is 0.939. The van der Waals surface area contributed by atoms with Gasteiger partial charge in [0, 0.05) is 18.3 Å². The summed E-state index contributed by atoms with van der Waals surface area (Å²) < 4.78 is 11.1. The van der Waals surface area contributed by atoms with Crippen LogP contribution in [-0.2, 0) is 9.47 Å². The topological polar surface area (TPSA) is 201 Å². The lowest BCUT2D eigenvalue weighted by molar-refractivity contribution is -0.280. The molecule has 1 aliphatic heterocycles. The molecule has 1 heterocycles. The zero-order valence-corrected chi connectivity index (χ0v) is 26.5. The fourth-order valence-corrected chi connectivity index (χ4v) is 10.7. The highest BCUT2D eigenvalue weighted by atomic mass is 16.7. The first-order chi connectivity index (χ1) is 20.6. The molecule has 11 heteroatoms. The zero-order chi connectivity index (χ0) is 32.4. The lowest BCUT2D eigenvalue weighted by Crippen LogP contribution is -2.70. The number of allylic oxidation sites excluding steroid dienone is 2. The van der Waals surface area contributed by atoms with Crippen LogP contribution >= 0.6 is 0 Å². The molecule has 254 valence electrons. The van der Waals surface area contributed by atoms with Crippen LogP contribution in [0.3, 0.4) is 0 Å². The summed E-state index contributed by atoms with van der Waals surface area (Å²) in [7, 11) is 0. The van der Waals surface area contributed by atoms with Crippen molar-refractivity contribution in [3.8, 4) is 0 Å². The SMILES string of the molecule is C[C@H](C/C=C/[C@@H](C)[C@H]1C[C@@H](O)[C@@H]2[C@]1(C)CC[C@@H]1[C@@]3(C)CC[C@H](O)[C@H](O)[C@@H]3[C@@H](O)C[C@]12O)CO[C@H]1O[C@H]([C@H](O)CO)[C@@H](O)[C@@H]1O. The van der Waals surface area contributed by atoms with Gasteiger partial charge >= 0.3 is 0 Å². The Bertz CT molecular complexity index is 1030.